The molecule has 0 aliphatic heterocycles. The molecular formula is C7H6ClN3. The summed E-state index contributed by atoms with van der Waals surface area (Å²) in [5.74, 6) is 3.06. The Morgan fingerprint density at radius 2 is 2.55 bits per heavy atom. The SMILES string of the molecule is C#CCNc1ccnc(Cl)n1. The van der Waals surface area contributed by atoms with Crippen LogP contribution in [0.3, 0.4) is 0 Å². The summed E-state index contributed by atoms with van der Waals surface area (Å²) in [5.41, 5.74) is 0. The Hall–Kier alpha value is -1.27. The van der Waals surface area contributed by atoms with Crippen molar-refractivity contribution in [2.45, 2.75) is 0 Å². The minimum absolute atomic E-state index is 0.215. The quantitative estimate of drug-likeness (QED) is 0.531. The third kappa shape index (κ3) is 2.44. The molecule has 0 bridgehead atoms. The van der Waals surface area contributed by atoms with Gasteiger partial charge in [-0.1, -0.05) is 5.92 Å². The van der Waals surface area contributed by atoms with Gasteiger partial charge in [0.2, 0.25) is 5.28 Å². The molecule has 56 valence electrons. The lowest BCUT2D eigenvalue weighted by molar-refractivity contribution is 1.15. The zero-order valence-corrected chi connectivity index (χ0v) is 6.47. The Balaban J connectivity index is 2.65. The molecule has 0 radical (unpaired) electrons. The molecule has 1 N–H and O–H groups in total. The number of hydrogen-bond donors (Lipinski definition) is 1. The molecule has 11 heavy (non-hydrogen) atoms. The minimum atomic E-state index is 0.215. The average molecular weight is 168 g/mol. The first-order valence-corrected chi connectivity index (χ1v) is 3.36. The molecule has 3 nitrogen and oxygen atoms in total. The van der Waals surface area contributed by atoms with E-state index in [0.717, 1.165) is 0 Å². The highest BCUT2D eigenvalue weighted by Gasteiger charge is 1.92. The van der Waals surface area contributed by atoms with Crippen molar-refractivity contribution in [1.29, 1.82) is 0 Å². The molecule has 0 aliphatic rings. The highest BCUT2D eigenvalue weighted by atomic mass is 35.5. The lowest BCUT2D eigenvalue weighted by Crippen LogP contribution is -2.00. The van der Waals surface area contributed by atoms with E-state index >= 15 is 0 Å². The third-order valence-electron chi connectivity index (χ3n) is 0.998. The van der Waals surface area contributed by atoms with Crippen LogP contribution >= 0.6 is 11.6 Å². The summed E-state index contributed by atoms with van der Waals surface area (Å²) in [5, 5.41) is 3.08. The lowest BCUT2D eigenvalue weighted by Gasteiger charge is -1.98. The van der Waals surface area contributed by atoms with Gasteiger partial charge in [-0.05, 0) is 17.7 Å². The van der Waals surface area contributed by atoms with Gasteiger partial charge in [0.15, 0.2) is 0 Å². The molecule has 4 heteroatoms. The van der Waals surface area contributed by atoms with Gasteiger partial charge >= 0.3 is 0 Å². The maximum absolute atomic E-state index is 5.51. The van der Waals surface area contributed by atoms with E-state index in [0.29, 0.717) is 12.4 Å². The van der Waals surface area contributed by atoms with Gasteiger partial charge in [0.25, 0.3) is 0 Å². The molecule has 0 aromatic carbocycles. The van der Waals surface area contributed by atoms with Gasteiger partial charge in [0.05, 0.1) is 6.54 Å². The second-order valence-corrected chi connectivity index (χ2v) is 2.11. The number of terminal acetylenes is 1. The first-order valence-electron chi connectivity index (χ1n) is 2.99. The van der Waals surface area contributed by atoms with Gasteiger partial charge in [-0.25, -0.2) is 9.97 Å². The van der Waals surface area contributed by atoms with Crippen molar-refractivity contribution in [3.63, 3.8) is 0 Å². The highest BCUT2D eigenvalue weighted by Crippen LogP contribution is 2.04. The number of nitrogens with one attached hydrogen (secondary N) is 1. The zero-order valence-electron chi connectivity index (χ0n) is 5.71. The molecule has 1 heterocycles. The standard InChI is InChI=1S/C7H6ClN3/c1-2-4-9-6-3-5-10-7(8)11-6/h1,3,5H,4H2,(H,9,10,11). The molecule has 0 saturated carbocycles. The Labute approximate surface area is 69.8 Å². The van der Waals surface area contributed by atoms with E-state index in [4.69, 9.17) is 18.0 Å². The lowest BCUT2D eigenvalue weighted by atomic mass is 10.5. The topological polar surface area (TPSA) is 37.8 Å². The summed E-state index contributed by atoms with van der Waals surface area (Å²) in [6, 6.07) is 1.70. The number of halogens is 1. The Morgan fingerprint density at radius 1 is 1.73 bits per heavy atom. The molecule has 1 rings (SSSR count). The second-order valence-electron chi connectivity index (χ2n) is 1.77. The van der Waals surface area contributed by atoms with Gasteiger partial charge in [0, 0.05) is 6.20 Å². The first kappa shape index (κ1) is 7.83. The molecule has 0 atom stereocenters. The van der Waals surface area contributed by atoms with Crippen LogP contribution in [0.2, 0.25) is 5.28 Å². The van der Waals surface area contributed by atoms with Crippen LogP contribution in [0.1, 0.15) is 0 Å². The van der Waals surface area contributed by atoms with Crippen molar-refractivity contribution in [2.24, 2.45) is 0 Å². The Bertz CT molecular complexity index is 279. The predicted octanol–water partition coefficient (Wildman–Crippen LogP) is 1.18. The number of nitrogens with zero attached hydrogens (tertiary/aromatic N) is 2. The van der Waals surface area contributed by atoms with Crippen molar-refractivity contribution in [1.82, 2.24) is 9.97 Å². The number of rotatable bonds is 2. The van der Waals surface area contributed by atoms with E-state index < -0.39 is 0 Å². The molecule has 0 fully saturated rings. The van der Waals surface area contributed by atoms with Crippen LogP contribution in [-0.4, -0.2) is 16.5 Å². The van der Waals surface area contributed by atoms with E-state index in [2.05, 4.69) is 21.2 Å². The van der Waals surface area contributed by atoms with E-state index in [1.54, 1.807) is 12.3 Å². The van der Waals surface area contributed by atoms with Crippen LogP contribution in [0.4, 0.5) is 5.82 Å². The average Bonchev–Trinajstić information content (AvgIpc) is 2.01. The molecular weight excluding hydrogens is 162 g/mol. The van der Waals surface area contributed by atoms with E-state index in [-0.39, 0.29) is 5.28 Å². The number of hydrogen-bond acceptors (Lipinski definition) is 3. The maximum atomic E-state index is 5.51. The predicted molar refractivity (Wildman–Crippen MR) is 44.4 cm³/mol. The van der Waals surface area contributed by atoms with Gasteiger partial charge in [-0.15, -0.1) is 6.42 Å². The van der Waals surface area contributed by atoms with Gasteiger partial charge in [0.1, 0.15) is 5.82 Å². The van der Waals surface area contributed by atoms with Crippen molar-refractivity contribution >= 4 is 17.4 Å². The van der Waals surface area contributed by atoms with Crippen LogP contribution in [-0.2, 0) is 0 Å². The van der Waals surface area contributed by atoms with Crippen LogP contribution in [0.25, 0.3) is 0 Å². The van der Waals surface area contributed by atoms with Crippen molar-refractivity contribution < 1.29 is 0 Å². The molecule has 1 aromatic rings. The Kier molecular flexibility index (Phi) is 2.70. The van der Waals surface area contributed by atoms with Gasteiger partial charge < -0.3 is 5.32 Å². The molecule has 0 amide bonds. The number of aromatic nitrogens is 2. The van der Waals surface area contributed by atoms with Crippen LogP contribution in [0.5, 0.6) is 0 Å². The fourth-order valence-corrected chi connectivity index (χ4v) is 0.722. The summed E-state index contributed by atoms with van der Waals surface area (Å²) in [6.45, 7) is 0.438. The van der Waals surface area contributed by atoms with Gasteiger partial charge in [-0.3, -0.25) is 0 Å². The normalized spacial score (nSPS) is 8.73. The zero-order chi connectivity index (χ0) is 8.10. The van der Waals surface area contributed by atoms with Crippen molar-refractivity contribution in [2.75, 3.05) is 11.9 Å². The van der Waals surface area contributed by atoms with E-state index in [1.807, 2.05) is 0 Å². The van der Waals surface area contributed by atoms with Crippen LogP contribution in [0.15, 0.2) is 12.3 Å². The monoisotopic (exact) mass is 167 g/mol. The van der Waals surface area contributed by atoms with Crippen molar-refractivity contribution in [3.05, 3.63) is 17.5 Å². The second kappa shape index (κ2) is 3.79. The van der Waals surface area contributed by atoms with E-state index in [9.17, 15) is 0 Å². The van der Waals surface area contributed by atoms with Crippen molar-refractivity contribution in [3.8, 4) is 12.3 Å². The summed E-state index contributed by atoms with van der Waals surface area (Å²) < 4.78 is 0. The smallest absolute Gasteiger partial charge is 0.224 e. The molecule has 0 unspecified atom stereocenters. The van der Waals surface area contributed by atoms with Crippen LogP contribution < -0.4 is 5.32 Å². The minimum Gasteiger partial charge on any atom is -0.359 e. The number of anilines is 1. The summed E-state index contributed by atoms with van der Waals surface area (Å²) in [6.07, 6.45) is 6.59. The largest absolute Gasteiger partial charge is 0.359 e. The Morgan fingerprint density at radius 3 is 3.18 bits per heavy atom. The van der Waals surface area contributed by atoms with Gasteiger partial charge in [-0.2, -0.15) is 0 Å². The van der Waals surface area contributed by atoms with E-state index in [1.165, 1.54) is 0 Å². The summed E-state index contributed by atoms with van der Waals surface area (Å²) in [4.78, 5) is 7.57. The first-order chi connectivity index (χ1) is 5.33. The molecule has 0 spiro atoms. The maximum Gasteiger partial charge on any atom is 0.224 e. The highest BCUT2D eigenvalue weighted by molar-refractivity contribution is 6.28. The fraction of sp³-hybridized carbons (Fsp3) is 0.143. The molecule has 1 aromatic heterocycles. The van der Waals surface area contributed by atoms with Crippen LogP contribution in [0, 0.1) is 12.3 Å². The summed E-state index contributed by atoms with van der Waals surface area (Å²) in [7, 11) is 0. The third-order valence-corrected chi connectivity index (χ3v) is 1.18. The molecule has 0 aliphatic carbocycles. The summed E-state index contributed by atoms with van der Waals surface area (Å²) >= 11 is 5.51. The fourth-order valence-electron chi connectivity index (χ4n) is 0.575. The molecule has 0 saturated heterocycles.